The van der Waals surface area contributed by atoms with Crippen LogP contribution in [0.25, 0.3) is 0 Å². The van der Waals surface area contributed by atoms with E-state index in [1.54, 1.807) is 11.8 Å². The fraction of sp³-hybridized carbons (Fsp3) is 0.385. The van der Waals surface area contributed by atoms with E-state index < -0.39 is 35.6 Å². The second-order valence-electron chi connectivity index (χ2n) is 8.42. The molecule has 0 unspecified atom stereocenters. The van der Waals surface area contributed by atoms with Crippen LogP contribution in [0, 0.1) is 17.8 Å². The monoisotopic (exact) mass is 464 g/mol. The number of allylic oxidation sites excluding steroid dienone is 2. The lowest BCUT2D eigenvalue weighted by Gasteiger charge is -2.43. The van der Waals surface area contributed by atoms with Gasteiger partial charge in [0.15, 0.2) is 5.78 Å². The molecular weight excluding hydrogens is 436 g/mol. The molecule has 1 fully saturated rings. The number of esters is 1. The zero-order chi connectivity index (χ0) is 24.1. The minimum absolute atomic E-state index is 0.0770. The summed E-state index contributed by atoms with van der Waals surface area (Å²) in [5.41, 5.74) is 1.48. The summed E-state index contributed by atoms with van der Waals surface area (Å²) in [4.78, 5) is 45.0. The molecule has 4 rings (SSSR count). The Labute approximate surface area is 198 Å². The maximum absolute atomic E-state index is 13.6. The Morgan fingerprint density at radius 3 is 2.65 bits per heavy atom. The number of aromatic hydroxyl groups is 1. The number of fused-ring (bicyclic) bond motifs is 1. The highest BCUT2D eigenvalue weighted by atomic mass is 16.6. The van der Waals surface area contributed by atoms with E-state index in [0.717, 1.165) is 5.56 Å². The van der Waals surface area contributed by atoms with Crippen LogP contribution in [0.2, 0.25) is 0 Å². The Hall–Kier alpha value is -3.68. The van der Waals surface area contributed by atoms with Crippen molar-refractivity contribution in [3.63, 3.8) is 0 Å². The van der Waals surface area contributed by atoms with Crippen LogP contribution in [0.3, 0.4) is 0 Å². The third kappa shape index (κ3) is 4.81. The van der Waals surface area contributed by atoms with Crippen molar-refractivity contribution in [2.24, 2.45) is 17.8 Å². The van der Waals surface area contributed by atoms with Crippen LogP contribution in [0.1, 0.15) is 42.2 Å². The molecule has 0 radical (unpaired) electrons. The van der Waals surface area contributed by atoms with Gasteiger partial charge in [0.1, 0.15) is 18.1 Å². The van der Waals surface area contributed by atoms with Gasteiger partial charge in [-0.05, 0) is 43.9 Å². The van der Waals surface area contributed by atoms with Crippen LogP contribution in [0.4, 0.5) is 4.79 Å². The summed E-state index contributed by atoms with van der Waals surface area (Å²) < 4.78 is 10.8. The summed E-state index contributed by atoms with van der Waals surface area (Å²) in [7, 11) is 0. The van der Waals surface area contributed by atoms with Gasteiger partial charge in [-0.1, -0.05) is 36.4 Å². The fourth-order valence-electron chi connectivity index (χ4n) is 4.84. The molecule has 1 aliphatic carbocycles. The lowest BCUT2D eigenvalue weighted by molar-refractivity contribution is -0.150. The molecule has 1 saturated heterocycles. The van der Waals surface area contributed by atoms with Crippen molar-refractivity contribution in [3.05, 3.63) is 71.7 Å². The molecule has 2 aromatic rings. The summed E-state index contributed by atoms with van der Waals surface area (Å²) in [6.45, 7) is 2.53. The van der Waals surface area contributed by atoms with Crippen molar-refractivity contribution in [3.8, 4) is 5.75 Å². The molecule has 0 saturated carbocycles. The van der Waals surface area contributed by atoms with Crippen molar-refractivity contribution in [2.75, 3.05) is 13.2 Å². The average Bonchev–Trinajstić information content (AvgIpc) is 2.86. The molecule has 1 amide bonds. The quantitative estimate of drug-likeness (QED) is 0.507. The summed E-state index contributed by atoms with van der Waals surface area (Å²) in [6.07, 6.45) is 4.31. The highest BCUT2D eigenvalue weighted by molar-refractivity contribution is 6.01. The van der Waals surface area contributed by atoms with Crippen LogP contribution in [0.15, 0.2) is 60.4 Å². The van der Waals surface area contributed by atoms with E-state index in [1.165, 1.54) is 18.3 Å². The molecule has 178 valence electrons. The SMILES string of the molecule is CCOC(=O)[C@H]1CC=C2[C@H](CCCN2C(=O)OCc2ccccc2)[C@@H]1C(=O)c1ncccc1O. The number of Topliss-reactive ketones (excluding diaryl/α,β-unsaturated/α-hetero) is 1. The first-order valence-electron chi connectivity index (χ1n) is 11.5. The molecule has 34 heavy (non-hydrogen) atoms. The molecule has 0 spiro atoms. The number of pyridine rings is 1. The van der Waals surface area contributed by atoms with Gasteiger partial charge in [0.25, 0.3) is 0 Å². The molecule has 2 aliphatic rings. The van der Waals surface area contributed by atoms with Gasteiger partial charge < -0.3 is 14.6 Å². The van der Waals surface area contributed by atoms with Gasteiger partial charge in [-0.3, -0.25) is 14.5 Å². The van der Waals surface area contributed by atoms with Crippen LogP contribution >= 0.6 is 0 Å². The van der Waals surface area contributed by atoms with E-state index in [2.05, 4.69) is 4.98 Å². The molecular formula is C26H28N2O6. The van der Waals surface area contributed by atoms with Crippen molar-refractivity contribution < 1.29 is 29.0 Å². The van der Waals surface area contributed by atoms with Crippen molar-refractivity contribution in [1.82, 2.24) is 9.88 Å². The Balaban J connectivity index is 1.61. The lowest BCUT2D eigenvalue weighted by atomic mass is 9.68. The van der Waals surface area contributed by atoms with Crippen LogP contribution in [0.5, 0.6) is 5.75 Å². The number of likely N-dealkylation sites (tertiary alicyclic amines) is 1. The minimum atomic E-state index is -0.801. The predicted molar refractivity (Wildman–Crippen MR) is 123 cm³/mol. The van der Waals surface area contributed by atoms with Gasteiger partial charge in [0.05, 0.1) is 12.5 Å². The third-order valence-electron chi connectivity index (χ3n) is 6.37. The maximum Gasteiger partial charge on any atom is 0.414 e. The first kappa shape index (κ1) is 23.5. The summed E-state index contributed by atoms with van der Waals surface area (Å²) in [5.74, 6) is -3.04. The Bertz CT molecular complexity index is 1080. The van der Waals surface area contributed by atoms with Gasteiger partial charge in [-0.2, -0.15) is 0 Å². The Morgan fingerprint density at radius 2 is 1.91 bits per heavy atom. The Morgan fingerprint density at radius 1 is 1.12 bits per heavy atom. The molecule has 3 atom stereocenters. The number of amides is 1. The second kappa shape index (κ2) is 10.5. The number of hydrogen-bond donors (Lipinski definition) is 1. The number of benzene rings is 1. The van der Waals surface area contributed by atoms with Crippen molar-refractivity contribution in [2.45, 2.75) is 32.8 Å². The Kier molecular flexibility index (Phi) is 7.25. The number of aromatic nitrogens is 1. The standard InChI is InChI=1S/C26H28N2O6/c1-2-33-25(31)19-12-13-20-18(22(19)24(30)23-21(29)11-6-14-27-23)10-7-15-28(20)26(32)34-16-17-8-4-3-5-9-17/h3-6,8-9,11,13-14,18-19,22,29H,2,7,10,12,15-16H2,1H3/t18-,19-,22-/m0/s1. The zero-order valence-corrected chi connectivity index (χ0v) is 19.1. The molecule has 0 bridgehead atoms. The first-order chi connectivity index (χ1) is 16.5. The van der Waals surface area contributed by atoms with Gasteiger partial charge >= 0.3 is 12.1 Å². The number of carbonyl (C=O) groups is 3. The van der Waals surface area contributed by atoms with Crippen LogP contribution in [-0.4, -0.2) is 46.0 Å². The second-order valence-corrected chi connectivity index (χ2v) is 8.42. The molecule has 1 aromatic carbocycles. The minimum Gasteiger partial charge on any atom is -0.506 e. The van der Waals surface area contributed by atoms with Gasteiger partial charge in [-0.25, -0.2) is 9.78 Å². The summed E-state index contributed by atoms with van der Waals surface area (Å²) in [6, 6.07) is 12.3. The van der Waals surface area contributed by atoms with Gasteiger partial charge in [0.2, 0.25) is 0 Å². The van der Waals surface area contributed by atoms with Gasteiger partial charge in [-0.15, -0.1) is 0 Å². The molecule has 8 heteroatoms. The van der Waals surface area contributed by atoms with E-state index in [0.29, 0.717) is 25.1 Å². The number of piperidine rings is 1. The smallest absolute Gasteiger partial charge is 0.414 e. The molecule has 1 N–H and O–H groups in total. The van der Waals surface area contributed by atoms with E-state index in [-0.39, 0.29) is 31.1 Å². The van der Waals surface area contributed by atoms with Crippen molar-refractivity contribution in [1.29, 1.82) is 0 Å². The normalized spacial score (nSPS) is 21.7. The van der Waals surface area contributed by atoms with Crippen LogP contribution in [-0.2, 0) is 20.9 Å². The number of nitrogens with zero attached hydrogens (tertiary/aromatic N) is 2. The highest BCUT2D eigenvalue weighted by Crippen LogP contribution is 2.44. The van der Waals surface area contributed by atoms with E-state index in [4.69, 9.17) is 9.47 Å². The molecule has 1 aliphatic heterocycles. The number of hydrogen-bond acceptors (Lipinski definition) is 7. The highest BCUT2D eigenvalue weighted by Gasteiger charge is 2.48. The van der Waals surface area contributed by atoms with Crippen LogP contribution < -0.4 is 0 Å². The number of rotatable bonds is 6. The fourth-order valence-corrected chi connectivity index (χ4v) is 4.84. The average molecular weight is 465 g/mol. The van der Waals surface area contributed by atoms with E-state index in [1.807, 2.05) is 36.4 Å². The summed E-state index contributed by atoms with van der Waals surface area (Å²) >= 11 is 0. The van der Waals surface area contributed by atoms with E-state index >= 15 is 0 Å². The zero-order valence-electron chi connectivity index (χ0n) is 19.1. The number of ether oxygens (including phenoxy) is 2. The summed E-state index contributed by atoms with van der Waals surface area (Å²) in [5, 5.41) is 10.3. The molecule has 2 heterocycles. The largest absolute Gasteiger partial charge is 0.506 e. The number of ketones is 1. The topological polar surface area (TPSA) is 106 Å². The van der Waals surface area contributed by atoms with Crippen molar-refractivity contribution >= 4 is 17.8 Å². The molecule has 1 aromatic heterocycles. The number of carbonyl (C=O) groups excluding carboxylic acids is 3. The van der Waals surface area contributed by atoms with E-state index in [9.17, 15) is 19.5 Å². The predicted octanol–water partition coefficient (Wildman–Crippen LogP) is 4.10. The van der Waals surface area contributed by atoms with Gasteiger partial charge in [0, 0.05) is 30.3 Å². The lowest BCUT2D eigenvalue weighted by Crippen LogP contribution is -2.47. The first-order valence-corrected chi connectivity index (χ1v) is 11.5. The maximum atomic E-state index is 13.6. The molecule has 8 nitrogen and oxygen atoms in total. The third-order valence-corrected chi connectivity index (χ3v) is 6.37.